The van der Waals surface area contributed by atoms with Gasteiger partial charge in [0.2, 0.25) is 11.8 Å². The molecule has 0 radical (unpaired) electrons. The Bertz CT molecular complexity index is 743. The van der Waals surface area contributed by atoms with Crippen LogP contribution in [0.1, 0.15) is 29.1 Å². The second kappa shape index (κ2) is 9.23. The molecule has 0 fully saturated rings. The van der Waals surface area contributed by atoms with Crippen molar-refractivity contribution in [2.45, 2.75) is 24.0 Å². The molecule has 10 heteroatoms. The number of nitrogens with two attached hydrogens (primary N) is 1. The van der Waals surface area contributed by atoms with E-state index in [2.05, 4.69) is 15.6 Å². The summed E-state index contributed by atoms with van der Waals surface area (Å²) in [5.41, 5.74) is 5.86. The summed E-state index contributed by atoms with van der Waals surface area (Å²) < 4.78 is 5.82. The van der Waals surface area contributed by atoms with Crippen molar-refractivity contribution in [3.63, 3.8) is 0 Å². The standard InChI is InChI=1S/C15H18N4O4S2/c1-9-14(24-8-11(16)20)25-15(18-9)19-12(21)5-2-6-17-13(22)10-4-3-7-23-10/h3-4,7H,2,5-6,8H2,1H3,(H2,16,20)(H,17,22)(H,18,19,21). The molecule has 0 spiro atoms. The van der Waals surface area contributed by atoms with E-state index in [1.807, 2.05) is 0 Å². The number of nitrogens with zero attached hydrogens (tertiary/aromatic N) is 1. The van der Waals surface area contributed by atoms with Crippen molar-refractivity contribution in [3.8, 4) is 0 Å². The number of rotatable bonds is 9. The molecule has 134 valence electrons. The zero-order chi connectivity index (χ0) is 18.2. The van der Waals surface area contributed by atoms with Crippen molar-refractivity contribution in [1.82, 2.24) is 10.3 Å². The fourth-order valence-electron chi connectivity index (χ4n) is 1.83. The van der Waals surface area contributed by atoms with Gasteiger partial charge in [0.1, 0.15) is 0 Å². The lowest BCUT2D eigenvalue weighted by Crippen LogP contribution is -2.25. The molecule has 25 heavy (non-hydrogen) atoms. The van der Waals surface area contributed by atoms with Crippen LogP contribution < -0.4 is 16.4 Å². The highest BCUT2D eigenvalue weighted by Gasteiger charge is 2.12. The minimum Gasteiger partial charge on any atom is -0.459 e. The number of carbonyl (C=O) groups excluding carboxylic acids is 3. The number of hydrogen-bond acceptors (Lipinski definition) is 7. The Hall–Kier alpha value is -2.33. The van der Waals surface area contributed by atoms with E-state index >= 15 is 0 Å². The molecule has 0 saturated heterocycles. The van der Waals surface area contributed by atoms with Gasteiger partial charge in [-0.3, -0.25) is 14.4 Å². The van der Waals surface area contributed by atoms with Crippen LogP contribution in [0.25, 0.3) is 0 Å². The van der Waals surface area contributed by atoms with Crippen LogP contribution >= 0.6 is 23.1 Å². The normalized spacial score (nSPS) is 10.4. The van der Waals surface area contributed by atoms with E-state index in [4.69, 9.17) is 10.2 Å². The van der Waals surface area contributed by atoms with Gasteiger partial charge in [0, 0.05) is 13.0 Å². The minimum absolute atomic E-state index is 0.172. The highest BCUT2D eigenvalue weighted by Crippen LogP contribution is 2.31. The predicted molar refractivity (Wildman–Crippen MR) is 95.7 cm³/mol. The monoisotopic (exact) mass is 382 g/mol. The molecule has 4 N–H and O–H groups in total. The number of thioether (sulfide) groups is 1. The van der Waals surface area contributed by atoms with Gasteiger partial charge in [0.05, 0.1) is 21.9 Å². The van der Waals surface area contributed by atoms with Crippen molar-refractivity contribution in [2.75, 3.05) is 17.6 Å². The fraction of sp³-hybridized carbons (Fsp3) is 0.333. The first-order valence-corrected chi connectivity index (χ1v) is 9.26. The molecule has 3 amide bonds. The van der Waals surface area contributed by atoms with E-state index in [-0.39, 0.29) is 29.7 Å². The SMILES string of the molecule is Cc1nc(NC(=O)CCCNC(=O)c2ccco2)sc1SCC(N)=O. The van der Waals surface area contributed by atoms with Crippen LogP contribution in [0, 0.1) is 6.92 Å². The van der Waals surface area contributed by atoms with Crippen LogP contribution in [0.5, 0.6) is 0 Å². The first-order chi connectivity index (χ1) is 12.0. The summed E-state index contributed by atoms with van der Waals surface area (Å²) in [6.07, 6.45) is 2.17. The van der Waals surface area contributed by atoms with Gasteiger partial charge in [-0.05, 0) is 25.5 Å². The molecule has 2 aromatic heterocycles. The zero-order valence-corrected chi connectivity index (χ0v) is 15.2. The maximum Gasteiger partial charge on any atom is 0.286 e. The number of aryl methyl sites for hydroxylation is 1. The number of aromatic nitrogens is 1. The molecule has 2 rings (SSSR count). The Kier molecular flexibility index (Phi) is 7.02. The smallest absolute Gasteiger partial charge is 0.286 e. The Morgan fingerprint density at radius 1 is 1.40 bits per heavy atom. The summed E-state index contributed by atoms with van der Waals surface area (Å²) in [7, 11) is 0. The summed E-state index contributed by atoms with van der Waals surface area (Å²) >= 11 is 2.60. The highest BCUT2D eigenvalue weighted by atomic mass is 32.2. The van der Waals surface area contributed by atoms with E-state index in [0.717, 1.165) is 9.90 Å². The number of hydrogen-bond donors (Lipinski definition) is 3. The molecule has 0 aliphatic carbocycles. The van der Waals surface area contributed by atoms with E-state index in [9.17, 15) is 14.4 Å². The van der Waals surface area contributed by atoms with E-state index in [0.29, 0.717) is 18.1 Å². The van der Waals surface area contributed by atoms with E-state index in [1.54, 1.807) is 19.1 Å². The summed E-state index contributed by atoms with van der Waals surface area (Å²) in [5.74, 6) is -0.487. The first-order valence-electron chi connectivity index (χ1n) is 7.46. The van der Waals surface area contributed by atoms with Gasteiger partial charge in [-0.2, -0.15) is 0 Å². The van der Waals surface area contributed by atoms with Crippen molar-refractivity contribution in [3.05, 3.63) is 29.9 Å². The fourth-order valence-corrected chi connectivity index (χ4v) is 3.73. The van der Waals surface area contributed by atoms with E-state index in [1.165, 1.54) is 29.4 Å². The van der Waals surface area contributed by atoms with Gasteiger partial charge in [0.15, 0.2) is 10.9 Å². The molecule has 0 bridgehead atoms. The number of primary amides is 1. The Balaban J connectivity index is 1.70. The third-order valence-electron chi connectivity index (χ3n) is 2.96. The summed E-state index contributed by atoms with van der Waals surface area (Å²) in [4.78, 5) is 38.6. The number of nitrogens with one attached hydrogen (secondary N) is 2. The number of carbonyl (C=O) groups is 3. The molecule has 2 aromatic rings. The maximum absolute atomic E-state index is 11.9. The predicted octanol–water partition coefficient (Wildman–Crippen LogP) is 1.77. The number of anilines is 1. The third kappa shape index (κ3) is 6.24. The quantitative estimate of drug-likeness (QED) is 0.448. The number of amides is 3. The Labute approximate surface area is 152 Å². The van der Waals surface area contributed by atoms with Crippen molar-refractivity contribution in [2.24, 2.45) is 5.73 Å². The zero-order valence-electron chi connectivity index (χ0n) is 13.5. The second-order valence-electron chi connectivity index (χ2n) is 5.03. The topological polar surface area (TPSA) is 127 Å². The second-order valence-corrected chi connectivity index (χ2v) is 7.27. The largest absolute Gasteiger partial charge is 0.459 e. The average Bonchev–Trinajstić information content (AvgIpc) is 3.19. The van der Waals surface area contributed by atoms with Crippen LogP contribution in [0.15, 0.2) is 27.0 Å². The first kappa shape index (κ1) is 19.0. The summed E-state index contributed by atoms with van der Waals surface area (Å²) in [6, 6.07) is 3.20. The lowest BCUT2D eigenvalue weighted by Gasteiger charge is -2.03. The molecule has 0 unspecified atom stereocenters. The lowest BCUT2D eigenvalue weighted by atomic mass is 10.3. The van der Waals surface area contributed by atoms with Gasteiger partial charge in [-0.1, -0.05) is 11.3 Å². The summed E-state index contributed by atoms with van der Waals surface area (Å²) in [6.45, 7) is 2.17. The van der Waals surface area contributed by atoms with Gasteiger partial charge >= 0.3 is 0 Å². The Morgan fingerprint density at radius 3 is 2.88 bits per heavy atom. The van der Waals surface area contributed by atoms with Crippen LogP contribution in [-0.2, 0) is 9.59 Å². The molecule has 0 saturated carbocycles. The highest BCUT2D eigenvalue weighted by molar-refractivity contribution is 8.01. The van der Waals surface area contributed by atoms with Crippen molar-refractivity contribution >= 4 is 46.0 Å². The maximum atomic E-state index is 11.9. The van der Waals surface area contributed by atoms with E-state index < -0.39 is 5.91 Å². The van der Waals surface area contributed by atoms with Gasteiger partial charge in [-0.25, -0.2) is 4.98 Å². The molecule has 2 heterocycles. The van der Waals surface area contributed by atoms with Crippen molar-refractivity contribution in [1.29, 1.82) is 0 Å². The van der Waals surface area contributed by atoms with Crippen LogP contribution in [-0.4, -0.2) is 35.0 Å². The molecule has 0 aliphatic rings. The number of furan rings is 1. The third-order valence-corrected chi connectivity index (χ3v) is 5.41. The van der Waals surface area contributed by atoms with Crippen LogP contribution in [0.4, 0.5) is 5.13 Å². The minimum atomic E-state index is -0.403. The molecule has 0 aromatic carbocycles. The summed E-state index contributed by atoms with van der Waals surface area (Å²) in [5, 5.41) is 5.87. The molecular formula is C15H18N4O4S2. The van der Waals surface area contributed by atoms with Crippen molar-refractivity contribution < 1.29 is 18.8 Å². The Morgan fingerprint density at radius 2 is 2.20 bits per heavy atom. The van der Waals surface area contributed by atoms with Crippen LogP contribution in [0.2, 0.25) is 0 Å². The lowest BCUT2D eigenvalue weighted by molar-refractivity contribution is -0.116. The number of thiazole rings is 1. The van der Waals surface area contributed by atoms with Gasteiger partial charge < -0.3 is 20.8 Å². The molecular weight excluding hydrogens is 364 g/mol. The molecule has 8 nitrogen and oxygen atoms in total. The molecule has 0 atom stereocenters. The van der Waals surface area contributed by atoms with Gasteiger partial charge in [-0.15, -0.1) is 11.8 Å². The average molecular weight is 382 g/mol. The van der Waals surface area contributed by atoms with Crippen LogP contribution in [0.3, 0.4) is 0 Å². The molecule has 0 aliphatic heterocycles. The van der Waals surface area contributed by atoms with Gasteiger partial charge in [0.25, 0.3) is 5.91 Å².